The predicted molar refractivity (Wildman–Crippen MR) is 156 cm³/mol. The largest absolute Gasteiger partial charge is 0.365 e. The average molecular weight is 649 g/mol. The van der Waals surface area contributed by atoms with Gasteiger partial charge in [-0.1, -0.05) is 17.7 Å². The summed E-state index contributed by atoms with van der Waals surface area (Å²) in [5.41, 5.74) is 0.107. The molecule has 0 spiro atoms. The Balaban J connectivity index is 1.29. The second-order valence-electron chi connectivity index (χ2n) is 11.5. The summed E-state index contributed by atoms with van der Waals surface area (Å²) in [5.74, 6) is -6.17. The lowest BCUT2D eigenvalue weighted by atomic mass is 9.91. The fourth-order valence-corrected chi connectivity index (χ4v) is 7.15. The SMILES string of the molecule is Cc1ccc(S(=O)(=O)n2cc(-c3nc(N[C@H]4CCC[C@@H](NC(=O)N5CCC(F)(F)C5)C4)c(F)cc3F)c3cc(F)cnc32)cc1. The van der Waals surface area contributed by atoms with Crippen LogP contribution >= 0.6 is 0 Å². The molecular weight excluding hydrogens is 619 g/mol. The van der Waals surface area contributed by atoms with Crippen LogP contribution in [0.1, 0.15) is 37.7 Å². The molecule has 4 heterocycles. The second kappa shape index (κ2) is 11.6. The van der Waals surface area contributed by atoms with Crippen LogP contribution in [-0.2, 0) is 10.0 Å². The first-order valence-corrected chi connectivity index (χ1v) is 15.8. The van der Waals surface area contributed by atoms with Crippen molar-refractivity contribution in [3.8, 4) is 11.3 Å². The number of rotatable bonds is 6. The van der Waals surface area contributed by atoms with E-state index in [4.69, 9.17) is 0 Å². The van der Waals surface area contributed by atoms with Gasteiger partial charge in [0.25, 0.3) is 15.9 Å². The van der Waals surface area contributed by atoms with Gasteiger partial charge in [-0.25, -0.2) is 49.1 Å². The van der Waals surface area contributed by atoms with Crippen LogP contribution in [-0.4, -0.2) is 64.4 Å². The predicted octanol–water partition coefficient (Wildman–Crippen LogP) is 5.83. The third-order valence-electron chi connectivity index (χ3n) is 8.14. The van der Waals surface area contributed by atoms with Crippen molar-refractivity contribution in [2.75, 3.05) is 18.4 Å². The van der Waals surface area contributed by atoms with Gasteiger partial charge in [-0.15, -0.1) is 0 Å². The van der Waals surface area contributed by atoms with Crippen LogP contribution < -0.4 is 10.6 Å². The Morgan fingerprint density at radius 3 is 2.49 bits per heavy atom. The van der Waals surface area contributed by atoms with Crippen LogP contribution in [0, 0.1) is 24.4 Å². The van der Waals surface area contributed by atoms with Crippen LogP contribution in [0.4, 0.5) is 32.6 Å². The number of aryl methyl sites for hydroxylation is 1. The molecule has 2 amide bonds. The smallest absolute Gasteiger partial charge is 0.317 e. The first kappa shape index (κ1) is 30.7. The van der Waals surface area contributed by atoms with E-state index in [9.17, 15) is 26.4 Å². The molecule has 9 nitrogen and oxygen atoms in total. The van der Waals surface area contributed by atoms with Crippen molar-refractivity contribution in [2.45, 2.75) is 61.9 Å². The molecule has 45 heavy (non-hydrogen) atoms. The topological polar surface area (TPSA) is 109 Å². The molecule has 0 radical (unpaired) electrons. The number of fused-ring (bicyclic) bond motifs is 1. The normalized spacial score (nSPS) is 20.0. The summed E-state index contributed by atoms with van der Waals surface area (Å²) in [5, 5.41) is 5.67. The maximum Gasteiger partial charge on any atom is 0.317 e. The van der Waals surface area contributed by atoms with E-state index >= 15 is 8.78 Å². The summed E-state index contributed by atoms with van der Waals surface area (Å²) in [6.45, 7) is 1.09. The lowest BCUT2D eigenvalue weighted by molar-refractivity contribution is 0.0152. The molecule has 6 rings (SSSR count). The number of urea groups is 1. The third kappa shape index (κ3) is 6.17. The van der Waals surface area contributed by atoms with Gasteiger partial charge in [0.2, 0.25) is 0 Å². The van der Waals surface area contributed by atoms with Crippen molar-refractivity contribution in [2.24, 2.45) is 0 Å². The molecule has 1 saturated heterocycles. The number of nitrogens with zero attached hydrogens (tertiary/aromatic N) is 4. The van der Waals surface area contributed by atoms with E-state index in [1.165, 1.54) is 12.1 Å². The lowest BCUT2D eigenvalue weighted by Crippen LogP contribution is -2.47. The number of amides is 2. The highest BCUT2D eigenvalue weighted by Gasteiger charge is 2.41. The fraction of sp³-hybridized carbons (Fsp3) is 0.367. The number of halogens is 5. The minimum absolute atomic E-state index is 0.0527. The average Bonchev–Trinajstić information content (AvgIpc) is 3.55. The monoisotopic (exact) mass is 648 g/mol. The Labute approximate surface area is 255 Å². The number of pyridine rings is 2. The van der Waals surface area contributed by atoms with Gasteiger partial charge in [0.1, 0.15) is 11.5 Å². The van der Waals surface area contributed by atoms with E-state index in [1.54, 1.807) is 19.1 Å². The number of anilines is 1. The Bertz CT molecular complexity index is 1880. The van der Waals surface area contributed by atoms with Crippen LogP contribution in [0.25, 0.3) is 22.3 Å². The lowest BCUT2D eigenvalue weighted by Gasteiger charge is -2.32. The number of carbonyl (C=O) groups excluding carboxylic acids is 1. The quantitative estimate of drug-likeness (QED) is 0.255. The first-order valence-electron chi connectivity index (χ1n) is 14.4. The number of hydrogen-bond acceptors (Lipinski definition) is 6. The Morgan fingerprint density at radius 1 is 1.04 bits per heavy atom. The van der Waals surface area contributed by atoms with E-state index in [0.29, 0.717) is 31.7 Å². The third-order valence-corrected chi connectivity index (χ3v) is 9.80. The zero-order valence-corrected chi connectivity index (χ0v) is 24.9. The summed E-state index contributed by atoms with van der Waals surface area (Å²) < 4.78 is 99.7. The standard InChI is InChI=1S/C30H29F5N6O3S/c1-17-5-7-21(8-6-17)45(43,44)41-15-23(22-11-18(31)14-36-28(22)41)26-24(32)13-25(33)27(39-26)37-19-3-2-4-20(12-19)38-29(42)40-10-9-30(34,35)16-40/h5-8,11,13-15,19-20H,2-4,9-10,12,16H2,1H3,(H,37,39)(H,38,42)/t19-,20+/m0/s1. The molecule has 1 aliphatic carbocycles. The van der Waals surface area contributed by atoms with E-state index in [0.717, 1.165) is 32.9 Å². The molecule has 2 fully saturated rings. The summed E-state index contributed by atoms with van der Waals surface area (Å²) in [6, 6.07) is 6.24. The zero-order valence-electron chi connectivity index (χ0n) is 24.0. The Hall–Kier alpha value is -4.27. The molecule has 2 N–H and O–H groups in total. The van der Waals surface area contributed by atoms with Gasteiger partial charge >= 0.3 is 6.03 Å². The van der Waals surface area contributed by atoms with E-state index in [1.807, 2.05) is 0 Å². The summed E-state index contributed by atoms with van der Waals surface area (Å²) >= 11 is 0. The van der Waals surface area contributed by atoms with E-state index in [-0.39, 0.29) is 39.9 Å². The van der Waals surface area contributed by atoms with Gasteiger partial charge in [0.05, 0.1) is 17.6 Å². The summed E-state index contributed by atoms with van der Waals surface area (Å²) in [4.78, 5) is 21.7. The van der Waals surface area contributed by atoms with Gasteiger partial charge < -0.3 is 15.5 Å². The number of hydrogen-bond donors (Lipinski definition) is 2. The highest BCUT2D eigenvalue weighted by Crippen LogP contribution is 2.35. The van der Waals surface area contributed by atoms with Gasteiger partial charge in [0, 0.05) is 48.3 Å². The number of aromatic nitrogens is 3. The molecular formula is C30H29F5N6O3S. The molecule has 1 saturated carbocycles. The molecule has 4 aromatic rings. The number of benzene rings is 1. The van der Waals surface area contributed by atoms with Crippen LogP contribution in [0.3, 0.4) is 0 Å². The van der Waals surface area contributed by atoms with Gasteiger partial charge in [0.15, 0.2) is 23.1 Å². The summed E-state index contributed by atoms with van der Waals surface area (Å²) in [7, 11) is -4.25. The van der Waals surface area contributed by atoms with E-state index in [2.05, 4.69) is 20.6 Å². The minimum Gasteiger partial charge on any atom is -0.365 e. The van der Waals surface area contributed by atoms with Crippen molar-refractivity contribution < 1.29 is 35.2 Å². The zero-order chi connectivity index (χ0) is 32.1. The first-order chi connectivity index (χ1) is 21.3. The van der Waals surface area contributed by atoms with Crippen LogP contribution in [0.5, 0.6) is 0 Å². The highest BCUT2D eigenvalue weighted by molar-refractivity contribution is 7.90. The van der Waals surface area contributed by atoms with E-state index < -0.39 is 64.1 Å². The maximum atomic E-state index is 15.3. The van der Waals surface area contributed by atoms with Gasteiger partial charge in [-0.3, -0.25) is 0 Å². The molecule has 2 atom stereocenters. The molecule has 0 bridgehead atoms. The van der Waals surface area contributed by atoms with Crippen LogP contribution in [0.15, 0.2) is 53.7 Å². The number of nitrogens with one attached hydrogen (secondary N) is 2. The Morgan fingerprint density at radius 2 is 1.78 bits per heavy atom. The highest BCUT2D eigenvalue weighted by atomic mass is 32.2. The van der Waals surface area contributed by atoms with Gasteiger partial charge in [-0.05, 0) is 50.8 Å². The molecule has 3 aromatic heterocycles. The molecule has 0 unspecified atom stereocenters. The van der Waals surface area contributed by atoms with Crippen molar-refractivity contribution >= 4 is 32.9 Å². The molecule has 1 aliphatic heterocycles. The summed E-state index contributed by atoms with van der Waals surface area (Å²) in [6.07, 6.45) is 3.62. The molecule has 2 aliphatic rings. The van der Waals surface area contributed by atoms with Crippen molar-refractivity contribution in [1.82, 2.24) is 24.2 Å². The molecule has 15 heteroatoms. The van der Waals surface area contributed by atoms with Crippen molar-refractivity contribution in [3.63, 3.8) is 0 Å². The Kier molecular flexibility index (Phi) is 7.91. The van der Waals surface area contributed by atoms with Crippen molar-refractivity contribution in [3.05, 3.63) is 71.8 Å². The number of alkyl halides is 2. The van der Waals surface area contributed by atoms with Crippen molar-refractivity contribution in [1.29, 1.82) is 0 Å². The number of likely N-dealkylation sites (tertiary alicyclic amines) is 1. The molecule has 1 aromatic carbocycles. The minimum atomic E-state index is -4.25. The maximum absolute atomic E-state index is 15.3. The number of carbonyl (C=O) groups is 1. The van der Waals surface area contributed by atoms with Crippen LogP contribution in [0.2, 0.25) is 0 Å². The van der Waals surface area contributed by atoms with Gasteiger partial charge in [-0.2, -0.15) is 0 Å². The fourth-order valence-electron chi connectivity index (χ4n) is 5.83. The molecule has 238 valence electrons. The second-order valence-corrected chi connectivity index (χ2v) is 13.3.